The second-order valence-electron chi connectivity index (χ2n) is 10.9. The molecule has 7 nitrogen and oxygen atoms in total. The van der Waals surface area contributed by atoms with Crippen LogP contribution < -0.4 is 4.90 Å². The molecule has 0 bridgehead atoms. The van der Waals surface area contributed by atoms with Crippen LogP contribution in [-0.4, -0.2) is 77.9 Å². The van der Waals surface area contributed by atoms with Gasteiger partial charge in [-0.2, -0.15) is 13.2 Å². The quantitative estimate of drug-likeness (QED) is 0.305. The minimum atomic E-state index is -5.28. The minimum Gasteiger partial charge on any atom is -0.374 e. The van der Waals surface area contributed by atoms with Crippen LogP contribution in [0.5, 0.6) is 0 Å². The summed E-state index contributed by atoms with van der Waals surface area (Å²) in [6.45, 7) is 1.58. The number of amides is 1. The van der Waals surface area contributed by atoms with Crippen molar-refractivity contribution in [2.45, 2.75) is 37.3 Å². The lowest BCUT2D eigenvalue weighted by Gasteiger charge is -2.34. The monoisotopic (exact) mass is 622 g/mol. The van der Waals surface area contributed by atoms with Gasteiger partial charge in [0.1, 0.15) is 17.2 Å². The van der Waals surface area contributed by atoms with Gasteiger partial charge in [-0.25, -0.2) is 4.98 Å². The van der Waals surface area contributed by atoms with Gasteiger partial charge in [-0.1, -0.05) is 34.8 Å². The van der Waals surface area contributed by atoms with Crippen molar-refractivity contribution >= 4 is 46.5 Å². The maximum absolute atomic E-state index is 14.1. The molecule has 1 aliphatic carbocycles. The van der Waals surface area contributed by atoms with Crippen LogP contribution in [0.1, 0.15) is 36.6 Å². The van der Waals surface area contributed by atoms with E-state index in [0.29, 0.717) is 11.5 Å². The Hall–Kier alpha value is -1.82. The normalized spacial score (nSPS) is 22.2. The third-order valence-corrected chi connectivity index (χ3v) is 8.67. The zero-order chi connectivity index (χ0) is 29.6. The molecule has 220 valence electrons. The Balaban J connectivity index is 1.35. The van der Waals surface area contributed by atoms with Gasteiger partial charge in [0.15, 0.2) is 0 Å². The maximum Gasteiger partial charge on any atom is 0.430 e. The van der Waals surface area contributed by atoms with Gasteiger partial charge in [-0.3, -0.25) is 9.69 Å². The number of hydrogen-bond acceptors (Lipinski definition) is 6. The van der Waals surface area contributed by atoms with Gasteiger partial charge in [0.2, 0.25) is 0 Å². The van der Waals surface area contributed by atoms with E-state index in [9.17, 15) is 28.2 Å². The van der Waals surface area contributed by atoms with Gasteiger partial charge >= 0.3 is 6.18 Å². The lowest BCUT2D eigenvalue weighted by atomic mass is 9.90. The number of alkyl halides is 3. The molecule has 1 aromatic carbocycles. The Morgan fingerprint density at radius 2 is 1.70 bits per heavy atom. The van der Waals surface area contributed by atoms with Gasteiger partial charge in [-0.05, 0) is 81.4 Å². The van der Waals surface area contributed by atoms with E-state index in [1.807, 2.05) is 6.07 Å². The number of aliphatic hydroxyl groups excluding tert-OH is 1. The second kappa shape index (κ2) is 11.8. The van der Waals surface area contributed by atoms with Gasteiger partial charge < -0.3 is 20.0 Å². The average molecular weight is 624 g/mol. The highest BCUT2D eigenvalue weighted by Crippen LogP contribution is 2.49. The molecule has 1 aliphatic heterocycles. The average Bonchev–Trinajstić information content (AvgIpc) is 3.65. The summed E-state index contributed by atoms with van der Waals surface area (Å²) in [5, 5.41) is 21.0. The van der Waals surface area contributed by atoms with Crippen molar-refractivity contribution in [2.24, 2.45) is 17.8 Å². The van der Waals surface area contributed by atoms with Gasteiger partial charge in [0.25, 0.3) is 11.5 Å². The topological polar surface area (TPSA) is 80.1 Å². The first-order valence-electron chi connectivity index (χ1n) is 12.9. The largest absolute Gasteiger partial charge is 0.430 e. The number of carbonyl (C=O) groups is 1. The van der Waals surface area contributed by atoms with Crippen LogP contribution in [0.4, 0.5) is 19.0 Å². The lowest BCUT2D eigenvalue weighted by molar-refractivity contribution is -0.261. The van der Waals surface area contributed by atoms with Crippen molar-refractivity contribution in [3.8, 4) is 0 Å². The SMILES string of the molecule is CN(C[C@@H]1C[C@@H]1C1CCN(c2ccc(C(O)N(C)C)c(Cl)n2)CC1)C(=O)[C@](O)(c1cc(Cl)cc(Cl)c1)C(F)(F)F. The molecule has 2 aromatic rings. The molecule has 1 saturated carbocycles. The number of likely N-dealkylation sites (N-methyl/N-ethyl adjacent to an activating group) is 1. The van der Waals surface area contributed by atoms with E-state index in [4.69, 9.17) is 34.8 Å². The van der Waals surface area contributed by atoms with E-state index in [-0.39, 0.29) is 33.6 Å². The molecule has 40 heavy (non-hydrogen) atoms. The summed E-state index contributed by atoms with van der Waals surface area (Å²) in [5.74, 6) is -0.0484. The Morgan fingerprint density at radius 1 is 1.10 bits per heavy atom. The Labute approximate surface area is 246 Å². The summed E-state index contributed by atoms with van der Waals surface area (Å²) in [4.78, 5) is 22.2. The predicted octanol–water partition coefficient (Wildman–Crippen LogP) is 5.36. The van der Waals surface area contributed by atoms with Crippen molar-refractivity contribution < 1.29 is 28.2 Å². The number of anilines is 1. The number of pyridine rings is 1. The summed E-state index contributed by atoms with van der Waals surface area (Å²) in [5.41, 5.74) is -3.95. The van der Waals surface area contributed by atoms with E-state index >= 15 is 0 Å². The Morgan fingerprint density at radius 3 is 2.23 bits per heavy atom. The fraction of sp³-hybridized carbons (Fsp3) is 0.556. The predicted molar refractivity (Wildman–Crippen MR) is 148 cm³/mol. The minimum absolute atomic E-state index is 0.0466. The number of carbonyl (C=O) groups excluding carboxylic acids is 1. The van der Waals surface area contributed by atoms with Crippen molar-refractivity contribution in [1.29, 1.82) is 0 Å². The highest BCUT2D eigenvalue weighted by atomic mass is 35.5. The van der Waals surface area contributed by atoms with Gasteiger partial charge in [-0.15, -0.1) is 0 Å². The number of halogens is 6. The number of nitrogens with zero attached hydrogens (tertiary/aromatic N) is 4. The van der Waals surface area contributed by atoms with E-state index in [1.165, 1.54) is 13.1 Å². The van der Waals surface area contributed by atoms with Crippen molar-refractivity contribution in [2.75, 3.05) is 45.7 Å². The van der Waals surface area contributed by atoms with Crippen LogP contribution in [0.25, 0.3) is 0 Å². The van der Waals surface area contributed by atoms with Gasteiger partial charge in [0, 0.05) is 47.9 Å². The third kappa shape index (κ3) is 6.32. The molecule has 2 N–H and O–H groups in total. The second-order valence-corrected chi connectivity index (χ2v) is 12.2. The molecular formula is C27H32Cl3F3N4O3. The standard InChI is InChI=1S/C27H32Cl3F3N4O3/c1-35(2)24(38)20-4-5-22(34-23(20)30)37-8-6-15(7-9-37)21-10-16(21)14-36(3)25(39)26(40,27(31,32)33)17-11-18(28)13-19(29)12-17/h4-5,11-13,15-16,21,24,38,40H,6-10,14H2,1-3H3/t16-,21+,24?,26+/m0/s1. The Kier molecular flexibility index (Phi) is 9.19. The van der Waals surface area contributed by atoms with Crippen molar-refractivity contribution in [1.82, 2.24) is 14.8 Å². The first-order chi connectivity index (χ1) is 18.6. The van der Waals surface area contributed by atoms with Crippen LogP contribution in [0.2, 0.25) is 15.2 Å². The highest BCUT2D eigenvalue weighted by Gasteiger charge is 2.62. The number of aliphatic hydroxyl groups is 2. The molecule has 2 heterocycles. The molecule has 0 spiro atoms. The van der Waals surface area contributed by atoms with Crippen LogP contribution in [0.3, 0.4) is 0 Å². The van der Waals surface area contributed by atoms with Gasteiger partial charge in [0.05, 0.1) is 0 Å². The van der Waals surface area contributed by atoms with E-state index < -0.39 is 29.5 Å². The molecule has 2 fully saturated rings. The number of hydrogen-bond donors (Lipinski definition) is 2. The fourth-order valence-corrected chi connectivity index (χ4v) is 6.35. The van der Waals surface area contributed by atoms with Crippen LogP contribution in [0.15, 0.2) is 30.3 Å². The zero-order valence-electron chi connectivity index (χ0n) is 22.3. The van der Waals surface area contributed by atoms with E-state index in [1.54, 1.807) is 25.1 Å². The molecule has 1 saturated heterocycles. The van der Waals surface area contributed by atoms with E-state index in [2.05, 4.69) is 9.88 Å². The van der Waals surface area contributed by atoms with Crippen LogP contribution in [-0.2, 0) is 10.4 Å². The third-order valence-electron chi connectivity index (χ3n) is 7.93. The summed E-state index contributed by atoms with van der Waals surface area (Å²) < 4.78 is 42.2. The number of rotatable bonds is 8. The smallest absolute Gasteiger partial charge is 0.374 e. The molecule has 0 radical (unpaired) electrons. The molecule has 1 aromatic heterocycles. The van der Waals surface area contributed by atoms with Crippen molar-refractivity contribution in [3.63, 3.8) is 0 Å². The molecule has 13 heteroatoms. The number of benzene rings is 1. The van der Waals surface area contributed by atoms with Crippen LogP contribution >= 0.6 is 34.8 Å². The summed E-state index contributed by atoms with van der Waals surface area (Å²) in [6, 6.07) is 6.64. The maximum atomic E-state index is 14.1. The fourth-order valence-electron chi connectivity index (χ4n) is 5.58. The summed E-state index contributed by atoms with van der Waals surface area (Å²) in [7, 11) is 4.75. The lowest BCUT2D eigenvalue weighted by Crippen LogP contribution is -2.55. The molecule has 1 amide bonds. The zero-order valence-corrected chi connectivity index (χ0v) is 24.6. The van der Waals surface area contributed by atoms with Crippen molar-refractivity contribution in [3.05, 3.63) is 56.7 Å². The number of aromatic nitrogens is 1. The molecule has 2 aliphatic rings. The first kappa shape index (κ1) is 31.1. The molecule has 4 atom stereocenters. The van der Waals surface area contributed by atoms with E-state index in [0.717, 1.165) is 55.2 Å². The van der Waals surface area contributed by atoms with Crippen LogP contribution in [0, 0.1) is 17.8 Å². The summed E-state index contributed by atoms with van der Waals surface area (Å²) in [6.07, 6.45) is -3.59. The number of piperidine rings is 1. The molecule has 4 rings (SSSR count). The Bertz CT molecular complexity index is 1220. The first-order valence-corrected chi connectivity index (χ1v) is 14.0. The molecular weight excluding hydrogens is 592 g/mol. The molecule has 1 unspecified atom stereocenters. The highest BCUT2D eigenvalue weighted by molar-refractivity contribution is 6.34. The summed E-state index contributed by atoms with van der Waals surface area (Å²) >= 11 is 18.1.